The van der Waals surface area contributed by atoms with Crippen LogP contribution in [0.15, 0.2) is 39.9 Å². The largest absolute Gasteiger partial charge is 0.491 e. The lowest BCUT2D eigenvalue weighted by atomic mass is 9.87. The Balaban J connectivity index is 1.60. The standard InChI is InChI=1S/C29H35N3O5SSi/c1-39(2,3)12-11-36-17-31-23-13-19(15-33)14-24-26(23)30-25(29(31)35)21-5-4-6-22-27(21)38-32(28(22)34)20-9-7-18(8-10-20)16-37-24/h4-6,13-14,18,20,33H,7-12,15-17H2,1-3H3. The molecular formula is C29H35N3O5SSi. The van der Waals surface area contributed by atoms with Crippen molar-refractivity contribution in [3.8, 4) is 17.0 Å². The van der Waals surface area contributed by atoms with Gasteiger partial charge in [0.05, 0.1) is 28.8 Å². The molecule has 8 nitrogen and oxygen atoms in total. The summed E-state index contributed by atoms with van der Waals surface area (Å²) >= 11 is 1.45. The van der Waals surface area contributed by atoms with Gasteiger partial charge in [0, 0.05) is 26.3 Å². The molecule has 4 aromatic rings. The minimum absolute atomic E-state index is 0.00972. The molecule has 1 N–H and O–H groups in total. The predicted molar refractivity (Wildman–Crippen MR) is 158 cm³/mol. The van der Waals surface area contributed by atoms with Crippen molar-refractivity contribution in [1.29, 1.82) is 0 Å². The van der Waals surface area contributed by atoms with Gasteiger partial charge < -0.3 is 14.6 Å². The van der Waals surface area contributed by atoms with Crippen LogP contribution >= 0.6 is 11.5 Å². The molecule has 3 aliphatic rings. The number of aliphatic hydroxyl groups is 1. The lowest BCUT2D eigenvalue weighted by Crippen LogP contribution is -2.27. The molecule has 1 saturated carbocycles. The molecule has 0 atom stereocenters. The minimum Gasteiger partial charge on any atom is -0.491 e. The molecule has 6 bridgehead atoms. The van der Waals surface area contributed by atoms with E-state index in [4.69, 9.17) is 14.5 Å². The normalized spacial score (nSPS) is 19.2. The highest BCUT2D eigenvalue weighted by Gasteiger charge is 2.28. The fraction of sp³-hybridized carbons (Fsp3) is 0.483. The molecule has 39 heavy (non-hydrogen) atoms. The molecule has 1 aliphatic carbocycles. The summed E-state index contributed by atoms with van der Waals surface area (Å²) in [4.78, 5) is 32.5. The fourth-order valence-corrected chi connectivity index (χ4v) is 7.66. The average molecular weight is 566 g/mol. The zero-order valence-corrected chi connectivity index (χ0v) is 24.6. The highest BCUT2D eigenvalue weighted by atomic mass is 32.1. The molecular weight excluding hydrogens is 530 g/mol. The van der Waals surface area contributed by atoms with Crippen LogP contribution in [-0.4, -0.2) is 39.9 Å². The first-order valence-electron chi connectivity index (χ1n) is 13.8. The number of ether oxygens (including phenoxy) is 2. The van der Waals surface area contributed by atoms with Crippen LogP contribution in [-0.2, 0) is 18.1 Å². The number of benzene rings is 2. The Labute approximate surface area is 232 Å². The van der Waals surface area contributed by atoms with Crippen molar-refractivity contribution in [2.75, 3.05) is 13.2 Å². The zero-order valence-electron chi connectivity index (χ0n) is 22.7. The van der Waals surface area contributed by atoms with E-state index >= 15 is 0 Å². The quantitative estimate of drug-likeness (QED) is 0.250. The van der Waals surface area contributed by atoms with Crippen molar-refractivity contribution in [3.05, 3.63) is 56.6 Å². The van der Waals surface area contributed by atoms with Gasteiger partial charge in [-0.05, 0) is 61.4 Å². The van der Waals surface area contributed by atoms with E-state index in [0.29, 0.717) is 52.4 Å². The second-order valence-corrected chi connectivity index (χ2v) is 18.7. The van der Waals surface area contributed by atoms with Gasteiger partial charge in [-0.1, -0.05) is 43.3 Å². The third-order valence-corrected chi connectivity index (χ3v) is 11.0. The van der Waals surface area contributed by atoms with Gasteiger partial charge in [-0.2, -0.15) is 0 Å². The van der Waals surface area contributed by atoms with Gasteiger partial charge in [0.15, 0.2) is 0 Å². The molecule has 10 heteroatoms. The van der Waals surface area contributed by atoms with Gasteiger partial charge in [-0.3, -0.25) is 18.1 Å². The van der Waals surface area contributed by atoms with Crippen LogP contribution in [0.5, 0.6) is 5.75 Å². The predicted octanol–water partition coefficient (Wildman–Crippen LogP) is 5.37. The third kappa shape index (κ3) is 4.99. The van der Waals surface area contributed by atoms with E-state index in [1.807, 2.05) is 28.2 Å². The zero-order chi connectivity index (χ0) is 27.3. The summed E-state index contributed by atoms with van der Waals surface area (Å²) in [7, 11) is -1.31. The van der Waals surface area contributed by atoms with E-state index in [0.717, 1.165) is 36.4 Å². The third-order valence-electron chi connectivity index (χ3n) is 7.99. The maximum absolute atomic E-state index is 14.1. The summed E-state index contributed by atoms with van der Waals surface area (Å²) in [6.45, 7) is 7.86. The fourth-order valence-electron chi connectivity index (χ4n) is 5.65. The number of fused-ring (bicyclic) bond motifs is 3. The average Bonchev–Trinajstić information content (AvgIpc) is 3.26. The van der Waals surface area contributed by atoms with Gasteiger partial charge in [-0.25, -0.2) is 4.98 Å². The first-order chi connectivity index (χ1) is 18.7. The van der Waals surface area contributed by atoms with Gasteiger partial charge in [0.2, 0.25) is 0 Å². The molecule has 0 amide bonds. The second kappa shape index (κ2) is 10.3. The monoisotopic (exact) mass is 565 g/mol. The number of rotatable bonds is 6. The van der Waals surface area contributed by atoms with Crippen molar-refractivity contribution in [2.45, 2.75) is 70.7 Å². The van der Waals surface area contributed by atoms with E-state index in [2.05, 4.69) is 19.6 Å². The van der Waals surface area contributed by atoms with E-state index in [9.17, 15) is 14.7 Å². The van der Waals surface area contributed by atoms with Gasteiger partial charge >= 0.3 is 0 Å². The molecule has 206 valence electrons. The first-order valence-corrected chi connectivity index (χ1v) is 18.3. The number of hydrogen-bond acceptors (Lipinski definition) is 7. The molecule has 0 radical (unpaired) electrons. The Morgan fingerprint density at radius 1 is 1.13 bits per heavy atom. The van der Waals surface area contributed by atoms with Crippen LogP contribution in [0.2, 0.25) is 25.7 Å². The highest BCUT2D eigenvalue weighted by molar-refractivity contribution is 7.14. The van der Waals surface area contributed by atoms with Crippen molar-refractivity contribution in [3.63, 3.8) is 0 Å². The van der Waals surface area contributed by atoms with Crippen molar-refractivity contribution in [1.82, 2.24) is 13.5 Å². The lowest BCUT2D eigenvalue weighted by molar-refractivity contribution is 0.0878. The molecule has 1 fully saturated rings. The van der Waals surface area contributed by atoms with Gasteiger partial charge in [-0.15, -0.1) is 0 Å². The highest BCUT2D eigenvalue weighted by Crippen LogP contribution is 2.38. The van der Waals surface area contributed by atoms with Crippen molar-refractivity contribution in [2.24, 2.45) is 5.92 Å². The Morgan fingerprint density at radius 3 is 2.67 bits per heavy atom. The smallest absolute Gasteiger partial charge is 0.279 e. The van der Waals surface area contributed by atoms with E-state index < -0.39 is 8.07 Å². The number of aliphatic hydroxyl groups excluding tert-OH is 1. The van der Waals surface area contributed by atoms with Gasteiger partial charge in [0.25, 0.3) is 11.1 Å². The molecule has 2 aromatic heterocycles. The Morgan fingerprint density at radius 2 is 1.92 bits per heavy atom. The van der Waals surface area contributed by atoms with Crippen molar-refractivity contribution < 1.29 is 14.6 Å². The summed E-state index contributed by atoms with van der Waals surface area (Å²) in [6, 6.07) is 10.3. The maximum atomic E-state index is 14.1. The van der Waals surface area contributed by atoms with Crippen LogP contribution in [0.3, 0.4) is 0 Å². The van der Waals surface area contributed by atoms with E-state index in [-0.39, 0.29) is 36.2 Å². The molecule has 2 aromatic carbocycles. The number of hydrogen-bond donors (Lipinski definition) is 1. The topological polar surface area (TPSA) is 95.6 Å². The summed E-state index contributed by atoms with van der Waals surface area (Å²) in [5.41, 5.74) is 2.44. The molecule has 0 spiro atoms. The van der Waals surface area contributed by atoms with E-state index in [1.54, 1.807) is 10.6 Å². The number of nitrogens with zero attached hydrogens (tertiary/aromatic N) is 3. The molecule has 0 saturated heterocycles. The Kier molecular flexibility index (Phi) is 6.99. The SMILES string of the molecule is C[Si](C)(C)CCOCn1c(=O)c2nc3c(cc(CO)cc31)OCC1CCC(CC1)n1sc3c-2cccc3c1=O. The Hall–Kier alpha value is -2.79. The molecule has 2 aliphatic heterocycles. The summed E-state index contributed by atoms with van der Waals surface area (Å²) in [5.74, 6) is 0.929. The minimum atomic E-state index is -1.31. The molecule has 4 heterocycles. The molecule has 7 rings (SSSR count). The maximum Gasteiger partial charge on any atom is 0.279 e. The van der Waals surface area contributed by atoms with Crippen LogP contribution < -0.4 is 15.9 Å². The molecule has 0 unspecified atom stereocenters. The Bertz CT molecular complexity index is 1660. The lowest BCUT2D eigenvalue weighted by Gasteiger charge is -2.28. The summed E-state index contributed by atoms with van der Waals surface area (Å²) in [5, 5.41) is 10.7. The van der Waals surface area contributed by atoms with E-state index in [1.165, 1.54) is 11.5 Å². The van der Waals surface area contributed by atoms with Crippen LogP contribution in [0.1, 0.15) is 37.3 Å². The van der Waals surface area contributed by atoms with Gasteiger partial charge in [0.1, 0.15) is 23.7 Å². The number of aromatic nitrogens is 3. The van der Waals surface area contributed by atoms with Crippen LogP contribution in [0, 0.1) is 5.92 Å². The van der Waals surface area contributed by atoms with Crippen LogP contribution in [0.4, 0.5) is 0 Å². The summed E-state index contributed by atoms with van der Waals surface area (Å²) < 4.78 is 16.8. The second-order valence-electron chi connectivity index (χ2n) is 12.1. The van der Waals surface area contributed by atoms with Crippen LogP contribution in [0.25, 0.3) is 32.4 Å². The first kappa shape index (κ1) is 26.4. The summed E-state index contributed by atoms with van der Waals surface area (Å²) in [6.07, 6.45) is 3.80. The van der Waals surface area contributed by atoms with Crippen molar-refractivity contribution >= 4 is 40.7 Å².